The Bertz CT molecular complexity index is 486. The summed E-state index contributed by atoms with van der Waals surface area (Å²) in [6.07, 6.45) is 1.59. The van der Waals surface area contributed by atoms with Crippen molar-refractivity contribution >= 4 is 28.9 Å². The van der Waals surface area contributed by atoms with E-state index in [-0.39, 0.29) is 5.78 Å². The van der Waals surface area contributed by atoms with E-state index in [9.17, 15) is 4.79 Å². The number of benzene rings is 1. The number of hydrogen-bond acceptors (Lipinski definition) is 3. The molecule has 3 heteroatoms. The van der Waals surface area contributed by atoms with Gasteiger partial charge in [0.25, 0.3) is 0 Å². The van der Waals surface area contributed by atoms with Crippen LogP contribution < -0.4 is 0 Å². The lowest BCUT2D eigenvalue weighted by Gasteiger charge is -2.01. The number of thiophene rings is 1. The summed E-state index contributed by atoms with van der Waals surface area (Å²) in [5.74, 6) is 1.27. The summed E-state index contributed by atoms with van der Waals surface area (Å²) in [5, 5.41) is 1.95. The SMILES string of the molecule is Cc1ccc(SCCCC(=O)c2cccs2)cc1. The van der Waals surface area contributed by atoms with Gasteiger partial charge in [0.2, 0.25) is 0 Å². The molecule has 0 unspecified atom stereocenters. The van der Waals surface area contributed by atoms with Crippen LogP contribution in [0.3, 0.4) is 0 Å². The number of carbonyl (C=O) groups excluding carboxylic acids is 1. The Morgan fingerprint density at radius 2 is 2.00 bits per heavy atom. The van der Waals surface area contributed by atoms with Crippen molar-refractivity contribution in [2.24, 2.45) is 0 Å². The molecule has 2 rings (SSSR count). The second kappa shape index (κ2) is 6.76. The van der Waals surface area contributed by atoms with Gasteiger partial charge in [0, 0.05) is 11.3 Å². The first kappa shape index (κ1) is 13.4. The predicted octanol–water partition coefficient (Wildman–Crippen LogP) is 4.81. The second-order valence-electron chi connectivity index (χ2n) is 4.17. The number of aryl methyl sites for hydroxylation is 1. The molecule has 1 aromatic carbocycles. The minimum atomic E-state index is 0.273. The Balaban J connectivity index is 1.70. The molecule has 0 amide bonds. The molecule has 0 saturated heterocycles. The third-order valence-corrected chi connectivity index (χ3v) is 4.64. The van der Waals surface area contributed by atoms with Crippen LogP contribution in [0.25, 0.3) is 0 Å². The highest BCUT2D eigenvalue weighted by atomic mass is 32.2. The van der Waals surface area contributed by atoms with E-state index in [1.807, 2.05) is 29.3 Å². The van der Waals surface area contributed by atoms with E-state index in [2.05, 4.69) is 31.2 Å². The maximum atomic E-state index is 11.8. The monoisotopic (exact) mass is 276 g/mol. The van der Waals surface area contributed by atoms with E-state index < -0.39 is 0 Å². The van der Waals surface area contributed by atoms with Gasteiger partial charge in [0.05, 0.1) is 4.88 Å². The molecule has 2 aromatic rings. The van der Waals surface area contributed by atoms with Gasteiger partial charge in [-0.1, -0.05) is 23.8 Å². The average molecular weight is 276 g/mol. The van der Waals surface area contributed by atoms with Crippen LogP contribution in [-0.4, -0.2) is 11.5 Å². The molecule has 0 aliphatic rings. The molecule has 0 aliphatic heterocycles. The Labute approximate surface area is 116 Å². The summed E-state index contributed by atoms with van der Waals surface area (Å²) in [5.41, 5.74) is 1.28. The Morgan fingerprint density at radius 3 is 2.67 bits per heavy atom. The van der Waals surface area contributed by atoms with Crippen molar-refractivity contribution in [1.29, 1.82) is 0 Å². The van der Waals surface area contributed by atoms with Gasteiger partial charge in [-0.25, -0.2) is 0 Å². The highest BCUT2D eigenvalue weighted by Crippen LogP contribution is 2.20. The van der Waals surface area contributed by atoms with Crippen LogP contribution in [0.5, 0.6) is 0 Å². The number of Topliss-reactive ketones (excluding diaryl/α,β-unsaturated/α-hetero) is 1. The quantitative estimate of drug-likeness (QED) is 0.428. The lowest BCUT2D eigenvalue weighted by Crippen LogP contribution is -1.96. The van der Waals surface area contributed by atoms with E-state index >= 15 is 0 Å². The van der Waals surface area contributed by atoms with Gasteiger partial charge in [-0.2, -0.15) is 0 Å². The molecule has 94 valence electrons. The summed E-state index contributed by atoms with van der Waals surface area (Å²) < 4.78 is 0. The zero-order valence-corrected chi connectivity index (χ0v) is 12.0. The van der Waals surface area contributed by atoms with Gasteiger partial charge in [-0.15, -0.1) is 23.1 Å². The Kier molecular flexibility index (Phi) is 5.02. The zero-order valence-electron chi connectivity index (χ0n) is 10.4. The molecule has 0 aliphatic carbocycles. The van der Waals surface area contributed by atoms with Crippen molar-refractivity contribution in [2.75, 3.05) is 5.75 Å². The molecule has 1 nitrogen and oxygen atoms in total. The lowest BCUT2D eigenvalue weighted by atomic mass is 10.2. The molecule has 0 saturated carbocycles. The largest absolute Gasteiger partial charge is 0.293 e. The third kappa shape index (κ3) is 4.00. The number of thioether (sulfide) groups is 1. The zero-order chi connectivity index (χ0) is 12.8. The van der Waals surface area contributed by atoms with Crippen LogP contribution in [0, 0.1) is 6.92 Å². The molecule has 18 heavy (non-hydrogen) atoms. The van der Waals surface area contributed by atoms with Crippen molar-refractivity contribution in [1.82, 2.24) is 0 Å². The van der Waals surface area contributed by atoms with E-state index in [0.29, 0.717) is 6.42 Å². The summed E-state index contributed by atoms with van der Waals surface area (Å²) in [4.78, 5) is 13.9. The van der Waals surface area contributed by atoms with Gasteiger partial charge >= 0.3 is 0 Å². The minimum Gasteiger partial charge on any atom is -0.293 e. The van der Waals surface area contributed by atoms with Crippen molar-refractivity contribution in [2.45, 2.75) is 24.7 Å². The molecule has 1 aromatic heterocycles. The van der Waals surface area contributed by atoms with Crippen molar-refractivity contribution in [3.8, 4) is 0 Å². The molecular formula is C15H16OS2. The molecule has 0 atom stereocenters. The van der Waals surface area contributed by atoms with E-state index in [0.717, 1.165) is 17.1 Å². The van der Waals surface area contributed by atoms with Gasteiger partial charge in [0.1, 0.15) is 0 Å². The van der Waals surface area contributed by atoms with Gasteiger partial charge in [0.15, 0.2) is 5.78 Å². The van der Waals surface area contributed by atoms with Crippen LogP contribution in [0.2, 0.25) is 0 Å². The van der Waals surface area contributed by atoms with Crippen LogP contribution in [0.15, 0.2) is 46.7 Å². The van der Waals surface area contributed by atoms with Crippen LogP contribution >= 0.6 is 23.1 Å². The number of ketones is 1. The summed E-state index contributed by atoms with van der Waals surface area (Å²) >= 11 is 3.35. The Hall–Kier alpha value is -1.06. The molecule has 1 heterocycles. The normalized spacial score (nSPS) is 10.5. The number of hydrogen-bond donors (Lipinski definition) is 0. The maximum absolute atomic E-state index is 11.8. The van der Waals surface area contributed by atoms with Gasteiger partial charge < -0.3 is 0 Å². The summed E-state index contributed by atoms with van der Waals surface area (Å²) in [6, 6.07) is 12.4. The maximum Gasteiger partial charge on any atom is 0.172 e. The highest BCUT2D eigenvalue weighted by Gasteiger charge is 2.05. The fourth-order valence-electron chi connectivity index (χ4n) is 1.62. The standard InChI is InChI=1S/C15H16OS2/c1-12-6-8-13(9-7-12)17-10-2-4-14(16)15-5-3-11-18-15/h3,5-9,11H,2,4,10H2,1H3. The van der Waals surface area contributed by atoms with Crippen LogP contribution in [0.4, 0.5) is 0 Å². The van der Waals surface area contributed by atoms with E-state index in [1.165, 1.54) is 21.8 Å². The topological polar surface area (TPSA) is 17.1 Å². The fraction of sp³-hybridized carbons (Fsp3) is 0.267. The highest BCUT2D eigenvalue weighted by molar-refractivity contribution is 7.99. The Morgan fingerprint density at radius 1 is 1.22 bits per heavy atom. The summed E-state index contributed by atoms with van der Waals surface area (Å²) in [7, 11) is 0. The first-order chi connectivity index (χ1) is 8.75. The molecule has 0 spiro atoms. The molecule has 0 bridgehead atoms. The van der Waals surface area contributed by atoms with Gasteiger partial charge in [-0.05, 0) is 42.7 Å². The molecule has 0 fully saturated rings. The van der Waals surface area contributed by atoms with Crippen molar-refractivity contribution in [3.63, 3.8) is 0 Å². The van der Waals surface area contributed by atoms with Crippen LogP contribution in [-0.2, 0) is 0 Å². The third-order valence-electron chi connectivity index (χ3n) is 2.63. The van der Waals surface area contributed by atoms with Crippen molar-refractivity contribution in [3.05, 3.63) is 52.2 Å². The first-order valence-corrected chi connectivity index (χ1v) is 7.88. The fourth-order valence-corrected chi connectivity index (χ4v) is 3.16. The predicted molar refractivity (Wildman–Crippen MR) is 79.8 cm³/mol. The van der Waals surface area contributed by atoms with E-state index in [4.69, 9.17) is 0 Å². The second-order valence-corrected chi connectivity index (χ2v) is 6.28. The smallest absolute Gasteiger partial charge is 0.172 e. The molecule has 0 radical (unpaired) electrons. The number of carbonyl (C=O) groups is 1. The van der Waals surface area contributed by atoms with Crippen molar-refractivity contribution < 1.29 is 4.79 Å². The first-order valence-electron chi connectivity index (χ1n) is 6.02. The average Bonchev–Trinajstić information content (AvgIpc) is 2.90. The van der Waals surface area contributed by atoms with Crippen LogP contribution in [0.1, 0.15) is 28.1 Å². The minimum absolute atomic E-state index is 0.273. The summed E-state index contributed by atoms with van der Waals surface area (Å²) in [6.45, 7) is 2.09. The molecule has 0 N–H and O–H groups in total. The molecular weight excluding hydrogens is 260 g/mol. The van der Waals surface area contributed by atoms with E-state index in [1.54, 1.807) is 0 Å². The lowest BCUT2D eigenvalue weighted by molar-refractivity contribution is 0.0986. The van der Waals surface area contributed by atoms with Gasteiger partial charge in [-0.3, -0.25) is 4.79 Å². The number of rotatable bonds is 6.